The smallest absolute Gasteiger partial charge is 0.325 e. The third-order valence-corrected chi connectivity index (χ3v) is 5.22. The van der Waals surface area contributed by atoms with E-state index in [4.69, 9.17) is 5.11 Å². The van der Waals surface area contributed by atoms with Crippen molar-refractivity contribution in [3.63, 3.8) is 0 Å². The number of aliphatic carboxylic acids is 1. The van der Waals surface area contributed by atoms with Crippen LogP contribution in [0.25, 0.3) is 0 Å². The van der Waals surface area contributed by atoms with Gasteiger partial charge in [0.2, 0.25) is 15.9 Å². The van der Waals surface area contributed by atoms with Gasteiger partial charge in [0, 0.05) is 18.3 Å². The lowest BCUT2D eigenvalue weighted by Gasteiger charge is -2.26. The lowest BCUT2D eigenvalue weighted by molar-refractivity contribution is -0.137. The Morgan fingerprint density at radius 1 is 1.33 bits per heavy atom. The van der Waals surface area contributed by atoms with Gasteiger partial charge in [-0.2, -0.15) is 5.10 Å². The average molecular weight is 358 g/mol. The van der Waals surface area contributed by atoms with Gasteiger partial charge in [-0.3, -0.25) is 14.3 Å². The number of aromatic nitrogens is 2. The van der Waals surface area contributed by atoms with Crippen LogP contribution in [0.5, 0.6) is 0 Å². The molecule has 1 aliphatic carbocycles. The second-order valence-corrected chi connectivity index (χ2v) is 7.93. The van der Waals surface area contributed by atoms with Crippen LogP contribution in [-0.2, 0) is 26.2 Å². The maximum absolute atomic E-state index is 12.1. The van der Waals surface area contributed by atoms with Crippen LogP contribution in [0.15, 0.2) is 12.3 Å². The summed E-state index contributed by atoms with van der Waals surface area (Å²) in [6, 6.07) is 1.29. The maximum Gasteiger partial charge on any atom is 0.325 e. The molecule has 10 heteroatoms. The molecule has 0 atom stereocenters. The molecule has 134 valence electrons. The maximum atomic E-state index is 12.1. The number of nitrogens with one attached hydrogen (secondary N) is 2. The van der Waals surface area contributed by atoms with Crippen molar-refractivity contribution in [3.8, 4) is 0 Å². The summed E-state index contributed by atoms with van der Waals surface area (Å²) in [6.45, 7) is 1.80. The zero-order valence-electron chi connectivity index (χ0n) is 13.4. The van der Waals surface area contributed by atoms with Crippen molar-refractivity contribution in [2.24, 2.45) is 5.92 Å². The standard InChI is InChI=1S/C14H22N4O5S/c1-10-2-4-11(5-3-10)17-24(22,23)9-13(19)15-12-6-7-18(16-12)8-14(20)21/h6-7,10-11,17H,2-5,8-9H2,1H3,(H,20,21)(H,15,16,19). The topological polar surface area (TPSA) is 130 Å². The largest absolute Gasteiger partial charge is 0.480 e. The van der Waals surface area contributed by atoms with Crippen molar-refractivity contribution in [2.45, 2.75) is 45.2 Å². The van der Waals surface area contributed by atoms with Gasteiger partial charge in [0.05, 0.1) is 0 Å². The summed E-state index contributed by atoms with van der Waals surface area (Å²) < 4.78 is 27.8. The van der Waals surface area contributed by atoms with E-state index in [1.165, 1.54) is 12.3 Å². The van der Waals surface area contributed by atoms with E-state index in [-0.39, 0.29) is 18.4 Å². The van der Waals surface area contributed by atoms with Crippen molar-refractivity contribution in [1.82, 2.24) is 14.5 Å². The predicted molar refractivity (Wildman–Crippen MR) is 86.8 cm³/mol. The molecule has 0 aliphatic heterocycles. The second-order valence-electron chi connectivity index (χ2n) is 6.17. The highest BCUT2D eigenvalue weighted by molar-refractivity contribution is 7.90. The molecule has 3 N–H and O–H groups in total. The lowest BCUT2D eigenvalue weighted by atomic mass is 9.88. The van der Waals surface area contributed by atoms with Crippen LogP contribution in [0.3, 0.4) is 0 Å². The summed E-state index contributed by atoms with van der Waals surface area (Å²) in [4.78, 5) is 22.4. The number of amides is 1. The summed E-state index contributed by atoms with van der Waals surface area (Å²) in [5.74, 6) is -1.75. The summed E-state index contributed by atoms with van der Waals surface area (Å²) in [5.41, 5.74) is 0. The number of carboxylic acid groups (broad SMARTS) is 1. The first kappa shape index (κ1) is 18.4. The lowest BCUT2D eigenvalue weighted by Crippen LogP contribution is -2.41. The molecule has 0 radical (unpaired) electrons. The molecule has 1 saturated carbocycles. The first-order valence-electron chi connectivity index (χ1n) is 7.78. The van der Waals surface area contributed by atoms with E-state index in [9.17, 15) is 18.0 Å². The number of carbonyl (C=O) groups is 2. The summed E-state index contributed by atoms with van der Waals surface area (Å²) >= 11 is 0. The molecule has 1 aliphatic rings. The van der Waals surface area contributed by atoms with Gasteiger partial charge in [0.25, 0.3) is 0 Å². The number of hydrogen-bond acceptors (Lipinski definition) is 5. The Morgan fingerprint density at radius 3 is 2.62 bits per heavy atom. The molecule has 0 bridgehead atoms. The SMILES string of the molecule is CC1CCC(NS(=O)(=O)CC(=O)Nc2ccn(CC(=O)O)n2)CC1. The number of rotatable bonds is 7. The number of sulfonamides is 1. The third kappa shape index (κ3) is 5.93. The average Bonchev–Trinajstić information content (AvgIpc) is 2.86. The van der Waals surface area contributed by atoms with Gasteiger partial charge in [-0.05, 0) is 31.6 Å². The summed E-state index contributed by atoms with van der Waals surface area (Å²) in [7, 11) is -3.72. The highest BCUT2D eigenvalue weighted by atomic mass is 32.2. The van der Waals surface area contributed by atoms with Crippen LogP contribution in [0, 0.1) is 5.92 Å². The molecular weight excluding hydrogens is 336 g/mol. The number of anilines is 1. The number of carboxylic acids is 1. The molecule has 1 amide bonds. The van der Waals surface area contributed by atoms with Crippen molar-refractivity contribution in [3.05, 3.63) is 12.3 Å². The van der Waals surface area contributed by atoms with Crippen molar-refractivity contribution in [2.75, 3.05) is 11.1 Å². The van der Waals surface area contributed by atoms with Crippen molar-refractivity contribution < 1.29 is 23.1 Å². The molecule has 2 rings (SSSR count). The molecule has 0 unspecified atom stereocenters. The van der Waals surface area contributed by atoms with Crippen LogP contribution in [0.2, 0.25) is 0 Å². The first-order valence-corrected chi connectivity index (χ1v) is 9.44. The number of nitrogens with zero attached hydrogens (tertiary/aromatic N) is 2. The van der Waals surface area contributed by atoms with Gasteiger partial charge >= 0.3 is 5.97 Å². The van der Waals surface area contributed by atoms with E-state index in [0.29, 0.717) is 5.92 Å². The van der Waals surface area contributed by atoms with Gasteiger partial charge < -0.3 is 10.4 Å². The molecule has 0 saturated heterocycles. The minimum Gasteiger partial charge on any atom is -0.480 e. The molecule has 1 aromatic rings. The van der Waals surface area contributed by atoms with E-state index in [0.717, 1.165) is 30.4 Å². The Kier molecular flexibility index (Phi) is 5.94. The highest BCUT2D eigenvalue weighted by Crippen LogP contribution is 2.23. The highest BCUT2D eigenvalue weighted by Gasteiger charge is 2.25. The molecular formula is C14H22N4O5S. The number of carbonyl (C=O) groups excluding carboxylic acids is 1. The Labute approximate surface area is 140 Å². The van der Waals surface area contributed by atoms with E-state index in [1.807, 2.05) is 0 Å². The minimum absolute atomic E-state index is 0.114. The molecule has 0 spiro atoms. The van der Waals surface area contributed by atoms with Crippen LogP contribution in [0.4, 0.5) is 5.82 Å². The Balaban J connectivity index is 1.84. The van der Waals surface area contributed by atoms with Gasteiger partial charge in [0.15, 0.2) is 5.82 Å². The zero-order chi connectivity index (χ0) is 17.7. The fourth-order valence-corrected chi connectivity index (χ4v) is 3.92. The number of hydrogen-bond donors (Lipinski definition) is 3. The van der Waals surface area contributed by atoms with Crippen LogP contribution >= 0.6 is 0 Å². The van der Waals surface area contributed by atoms with Gasteiger partial charge in [-0.15, -0.1) is 0 Å². The monoisotopic (exact) mass is 358 g/mol. The Morgan fingerprint density at radius 2 is 2.00 bits per heavy atom. The predicted octanol–water partition coefficient (Wildman–Crippen LogP) is 0.404. The molecule has 1 heterocycles. The second kappa shape index (κ2) is 7.75. The fourth-order valence-electron chi connectivity index (χ4n) is 2.68. The first-order chi connectivity index (χ1) is 11.2. The molecule has 24 heavy (non-hydrogen) atoms. The van der Waals surface area contributed by atoms with E-state index in [2.05, 4.69) is 22.1 Å². The van der Waals surface area contributed by atoms with Gasteiger partial charge in [-0.25, -0.2) is 13.1 Å². The van der Waals surface area contributed by atoms with Gasteiger partial charge in [0.1, 0.15) is 12.3 Å². The minimum atomic E-state index is -3.72. The third-order valence-electron chi connectivity index (χ3n) is 3.89. The van der Waals surface area contributed by atoms with Crippen LogP contribution in [0.1, 0.15) is 32.6 Å². The summed E-state index contributed by atoms with van der Waals surface area (Å²) in [5, 5.41) is 14.8. The van der Waals surface area contributed by atoms with Crippen molar-refractivity contribution in [1.29, 1.82) is 0 Å². The Hall–Kier alpha value is -1.94. The van der Waals surface area contributed by atoms with Crippen molar-refractivity contribution >= 4 is 27.7 Å². The summed E-state index contributed by atoms with van der Waals surface area (Å²) in [6.07, 6.45) is 4.89. The molecule has 9 nitrogen and oxygen atoms in total. The van der Waals surface area contributed by atoms with Crippen LogP contribution in [-0.4, -0.2) is 47.0 Å². The van der Waals surface area contributed by atoms with Crippen LogP contribution < -0.4 is 10.0 Å². The van der Waals surface area contributed by atoms with E-state index < -0.39 is 27.7 Å². The fraction of sp³-hybridized carbons (Fsp3) is 0.643. The normalized spacial score (nSPS) is 21.4. The quantitative estimate of drug-likeness (QED) is 0.647. The van der Waals surface area contributed by atoms with Gasteiger partial charge in [-0.1, -0.05) is 6.92 Å². The molecule has 0 aromatic carbocycles. The Bertz CT molecular complexity index is 692. The molecule has 1 fully saturated rings. The van der Waals surface area contributed by atoms with E-state index in [1.54, 1.807) is 0 Å². The van der Waals surface area contributed by atoms with E-state index >= 15 is 0 Å². The zero-order valence-corrected chi connectivity index (χ0v) is 14.3. The molecule has 1 aromatic heterocycles.